The topological polar surface area (TPSA) is 61.4 Å². The van der Waals surface area contributed by atoms with Gasteiger partial charge in [0.2, 0.25) is 0 Å². The number of urea groups is 1. The first kappa shape index (κ1) is 14.8. The van der Waals surface area contributed by atoms with Gasteiger partial charge in [0.15, 0.2) is 0 Å². The molecule has 3 N–H and O–H groups in total. The maximum Gasteiger partial charge on any atom is 0.319 e. The predicted octanol–water partition coefficient (Wildman–Crippen LogP) is 3.01. The van der Waals surface area contributed by atoms with Crippen molar-refractivity contribution in [3.63, 3.8) is 0 Å². The zero-order valence-electron chi connectivity index (χ0n) is 10.7. The Morgan fingerprint density at radius 1 is 1.28 bits per heavy atom. The van der Waals surface area contributed by atoms with Gasteiger partial charge in [-0.25, -0.2) is 4.79 Å². The van der Waals surface area contributed by atoms with Crippen LogP contribution in [0.25, 0.3) is 0 Å². The summed E-state index contributed by atoms with van der Waals surface area (Å²) in [6, 6.07) is 6.50. The molecule has 0 fully saturated rings. The number of nitrogens with one attached hydrogen (secondary N) is 2. The number of hydrogen-bond acceptors (Lipinski definition) is 2. The molecule has 0 aromatic heterocycles. The minimum atomic E-state index is -0.836. The number of halogens is 1. The van der Waals surface area contributed by atoms with Crippen LogP contribution in [-0.4, -0.2) is 23.3 Å². The number of carbonyl (C=O) groups excluding carboxylic acids is 1. The fraction of sp³-hybridized carbons (Fsp3) is 0.462. The summed E-state index contributed by atoms with van der Waals surface area (Å²) in [7, 11) is 0. The molecule has 0 unspecified atom stereocenters. The van der Waals surface area contributed by atoms with Crippen LogP contribution >= 0.6 is 11.6 Å². The molecule has 2 amide bonds. The van der Waals surface area contributed by atoms with Crippen LogP contribution in [0.1, 0.15) is 26.7 Å². The van der Waals surface area contributed by atoms with Gasteiger partial charge in [-0.3, -0.25) is 0 Å². The van der Waals surface area contributed by atoms with Crippen LogP contribution in [0.5, 0.6) is 0 Å². The molecule has 0 aliphatic carbocycles. The van der Waals surface area contributed by atoms with E-state index in [-0.39, 0.29) is 12.6 Å². The smallest absolute Gasteiger partial charge is 0.319 e. The Bertz CT molecular complexity index is 388. The lowest BCUT2D eigenvalue weighted by Gasteiger charge is -2.25. The molecule has 0 aliphatic heterocycles. The van der Waals surface area contributed by atoms with Crippen molar-refractivity contribution < 1.29 is 9.90 Å². The van der Waals surface area contributed by atoms with Gasteiger partial charge >= 0.3 is 6.03 Å². The van der Waals surface area contributed by atoms with Crippen LogP contribution in [0.2, 0.25) is 5.02 Å². The van der Waals surface area contributed by atoms with E-state index in [1.54, 1.807) is 24.3 Å². The SMILES string of the molecule is CCC(O)(CC)CNC(=O)Nc1ccc(Cl)cc1. The maximum atomic E-state index is 11.6. The highest BCUT2D eigenvalue weighted by Gasteiger charge is 2.22. The lowest BCUT2D eigenvalue weighted by Crippen LogP contribution is -2.43. The fourth-order valence-corrected chi connectivity index (χ4v) is 1.58. The molecule has 0 atom stereocenters. The zero-order valence-corrected chi connectivity index (χ0v) is 11.4. The first-order valence-corrected chi connectivity index (χ1v) is 6.39. The minimum Gasteiger partial charge on any atom is -0.388 e. The summed E-state index contributed by atoms with van der Waals surface area (Å²) in [4.78, 5) is 11.6. The normalized spacial score (nSPS) is 11.1. The molecule has 1 aromatic carbocycles. The second kappa shape index (κ2) is 6.61. The van der Waals surface area contributed by atoms with Gasteiger partial charge in [0.1, 0.15) is 0 Å². The molecule has 0 spiro atoms. The number of hydrogen-bond donors (Lipinski definition) is 3. The van der Waals surface area contributed by atoms with E-state index in [1.165, 1.54) is 0 Å². The summed E-state index contributed by atoms with van der Waals surface area (Å²) in [5.41, 5.74) is -0.175. The van der Waals surface area contributed by atoms with Gasteiger partial charge in [0, 0.05) is 17.3 Å². The Morgan fingerprint density at radius 3 is 2.33 bits per heavy atom. The van der Waals surface area contributed by atoms with E-state index in [4.69, 9.17) is 11.6 Å². The maximum absolute atomic E-state index is 11.6. The van der Waals surface area contributed by atoms with E-state index in [1.807, 2.05) is 13.8 Å². The molecule has 0 heterocycles. The lowest BCUT2D eigenvalue weighted by atomic mass is 9.98. The standard InChI is InChI=1S/C13H19ClN2O2/c1-3-13(18,4-2)9-15-12(17)16-11-7-5-10(14)6-8-11/h5-8,18H,3-4,9H2,1-2H3,(H2,15,16,17). The van der Waals surface area contributed by atoms with Crippen molar-refractivity contribution in [1.82, 2.24) is 5.32 Å². The quantitative estimate of drug-likeness (QED) is 0.770. The van der Waals surface area contributed by atoms with Crippen molar-refractivity contribution in [2.24, 2.45) is 0 Å². The number of aliphatic hydroxyl groups is 1. The Hall–Kier alpha value is -1.26. The minimum absolute atomic E-state index is 0.236. The zero-order chi connectivity index (χ0) is 13.6. The third-order valence-corrected chi connectivity index (χ3v) is 3.25. The second-order valence-electron chi connectivity index (χ2n) is 4.25. The Labute approximate surface area is 112 Å². The third-order valence-electron chi connectivity index (χ3n) is 3.00. The van der Waals surface area contributed by atoms with Gasteiger partial charge < -0.3 is 15.7 Å². The van der Waals surface area contributed by atoms with Crippen molar-refractivity contribution in [2.75, 3.05) is 11.9 Å². The Balaban J connectivity index is 2.45. The number of rotatable bonds is 5. The number of carbonyl (C=O) groups is 1. The van der Waals surface area contributed by atoms with Gasteiger partial charge in [-0.15, -0.1) is 0 Å². The fourth-order valence-electron chi connectivity index (χ4n) is 1.45. The van der Waals surface area contributed by atoms with Crippen LogP contribution in [0.15, 0.2) is 24.3 Å². The van der Waals surface area contributed by atoms with E-state index in [9.17, 15) is 9.90 Å². The van der Waals surface area contributed by atoms with Crippen molar-refractivity contribution in [2.45, 2.75) is 32.3 Å². The van der Waals surface area contributed by atoms with Crippen molar-refractivity contribution in [3.8, 4) is 0 Å². The summed E-state index contributed by atoms with van der Waals surface area (Å²) in [5.74, 6) is 0. The highest BCUT2D eigenvalue weighted by Crippen LogP contribution is 2.14. The summed E-state index contributed by atoms with van der Waals surface area (Å²) in [6.07, 6.45) is 1.20. The first-order valence-electron chi connectivity index (χ1n) is 6.02. The molecule has 4 nitrogen and oxygen atoms in total. The predicted molar refractivity (Wildman–Crippen MR) is 74.0 cm³/mol. The molecule has 0 saturated carbocycles. The molecule has 1 aromatic rings. The lowest BCUT2D eigenvalue weighted by molar-refractivity contribution is 0.0354. The molecule has 0 aliphatic rings. The Kier molecular flexibility index (Phi) is 5.44. The second-order valence-corrected chi connectivity index (χ2v) is 4.68. The summed E-state index contributed by atoms with van der Waals surface area (Å²) in [5, 5.41) is 16.0. The van der Waals surface area contributed by atoms with Crippen LogP contribution < -0.4 is 10.6 Å². The molecule has 18 heavy (non-hydrogen) atoms. The van der Waals surface area contributed by atoms with Gasteiger partial charge in [0.25, 0.3) is 0 Å². The van der Waals surface area contributed by atoms with E-state index in [0.717, 1.165) is 0 Å². The van der Waals surface area contributed by atoms with E-state index in [0.29, 0.717) is 23.6 Å². The van der Waals surface area contributed by atoms with Crippen LogP contribution in [0, 0.1) is 0 Å². The molecular weight excluding hydrogens is 252 g/mol. The van der Waals surface area contributed by atoms with Gasteiger partial charge in [-0.2, -0.15) is 0 Å². The number of amides is 2. The van der Waals surface area contributed by atoms with Gasteiger partial charge in [0.05, 0.1) is 5.60 Å². The molecular formula is C13H19ClN2O2. The van der Waals surface area contributed by atoms with Crippen LogP contribution in [-0.2, 0) is 0 Å². The van der Waals surface area contributed by atoms with Crippen LogP contribution in [0.3, 0.4) is 0 Å². The summed E-state index contributed by atoms with van der Waals surface area (Å²) >= 11 is 5.75. The molecule has 0 radical (unpaired) electrons. The number of anilines is 1. The summed E-state index contributed by atoms with van der Waals surface area (Å²) in [6.45, 7) is 4.02. The molecule has 100 valence electrons. The van der Waals surface area contributed by atoms with E-state index < -0.39 is 5.60 Å². The van der Waals surface area contributed by atoms with E-state index in [2.05, 4.69) is 10.6 Å². The third kappa shape index (κ3) is 4.55. The monoisotopic (exact) mass is 270 g/mol. The average Bonchev–Trinajstić information content (AvgIpc) is 2.39. The molecule has 5 heteroatoms. The van der Waals surface area contributed by atoms with Crippen molar-refractivity contribution >= 4 is 23.3 Å². The first-order chi connectivity index (χ1) is 8.49. The average molecular weight is 271 g/mol. The molecule has 1 rings (SSSR count). The molecule has 0 saturated heterocycles. The summed E-state index contributed by atoms with van der Waals surface area (Å²) < 4.78 is 0. The largest absolute Gasteiger partial charge is 0.388 e. The van der Waals surface area contributed by atoms with Crippen molar-refractivity contribution in [1.29, 1.82) is 0 Å². The van der Waals surface area contributed by atoms with E-state index >= 15 is 0 Å². The highest BCUT2D eigenvalue weighted by molar-refractivity contribution is 6.30. The van der Waals surface area contributed by atoms with Gasteiger partial charge in [-0.05, 0) is 37.1 Å². The Morgan fingerprint density at radius 2 is 1.83 bits per heavy atom. The van der Waals surface area contributed by atoms with Gasteiger partial charge in [-0.1, -0.05) is 25.4 Å². The van der Waals surface area contributed by atoms with Crippen LogP contribution in [0.4, 0.5) is 10.5 Å². The number of benzene rings is 1. The highest BCUT2D eigenvalue weighted by atomic mass is 35.5. The molecule has 0 bridgehead atoms. The van der Waals surface area contributed by atoms with Crippen molar-refractivity contribution in [3.05, 3.63) is 29.3 Å².